The molecule has 0 amide bonds. The van der Waals surface area contributed by atoms with Crippen molar-refractivity contribution < 1.29 is 14.3 Å². The van der Waals surface area contributed by atoms with Gasteiger partial charge in [0.05, 0.1) is 12.7 Å². The fourth-order valence-electron chi connectivity index (χ4n) is 2.25. The molecule has 1 heterocycles. The zero-order valence-electron chi connectivity index (χ0n) is 12.8. The van der Waals surface area contributed by atoms with Gasteiger partial charge in [-0.1, -0.05) is 18.2 Å². The maximum absolute atomic E-state index is 12.2. The number of carbonyl (C=O) groups is 1. The van der Waals surface area contributed by atoms with Gasteiger partial charge in [0.15, 0.2) is 0 Å². The number of benzene rings is 2. The lowest BCUT2D eigenvalue weighted by atomic mass is 10.2. The molecule has 3 rings (SSSR count). The summed E-state index contributed by atoms with van der Waals surface area (Å²) in [6.07, 6.45) is 3.86. The molecule has 0 bridgehead atoms. The zero-order chi connectivity index (χ0) is 16.1. The van der Waals surface area contributed by atoms with E-state index in [1.807, 2.05) is 71.6 Å². The fraction of sp³-hybridized carbons (Fsp3) is 0.105. The van der Waals surface area contributed by atoms with Crippen molar-refractivity contribution in [1.82, 2.24) is 4.57 Å². The molecule has 4 nitrogen and oxygen atoms in total. The van der Waals surface area contributed by atoms with Crippen LogP contribution < -0.4 is 4.74 Å². The largest absolute Gasteiger partial charge is 0.497 e. The first-order valence-electron chi connectivity index (χ1n) is 7.30. The van der Waals surface area contributed by atoms with Crippen LogP contribution in [-0.4, -0.2) is 17.6 Å². The molecule has 0 aliphatic rings. The van der Waals surface area contributed by atoms with Crippen molar-refractivity contribution in [2.75, 3.05) is 7.11 Å². The van der Waals surface area contributed by atoms with E-state index in [2.05, 4.69) is 0 Å². The summed E-state index contributed by atoms with van der Waals surface area (Å²) >= 11 is 0. The van der Waals surface area contributed by atoms with E-state index in [4.69, 9.17) is 9.47 Å². The lowest BCUT2D eigenvalue weighted by Crippen LogP contribution is -2.06. The molecule has 0 radical (unpaired) electrons. The number of aromatic nitrogens is 1. The molecule has 116 valence electrons. The molecule has 0 saturated heterocycles. The number of hydrogen-bond acceptors (Lipinski definition) is 3. The first-order valence-corrected chi connectivity index (χ1v) is 7.30. The Kier molecular flexibility index (Phi) is 4.43. The van der Waals surface area contributed by atoms with Crippen LogP contribution in [0.15, 0.2) is 73.1 Å². The Morgan fingerprint density at radius 3 is 2.43 bits per heavy atom. The summed E-state index contributed by atoms with van der Waals surface area (Å²) in [6.45, 7) is 0.233. The summed E-state index contributed by atoms with van der Waals surface area (Å²) in [5.74, 6) is 0.439. The molecule has 0 saturated carbocycles. The highest BCUT2D eigenvalue weighted by Crippen LogP contribution is 2.15. The van der Waals surface area contributed by atoms with Crippen LogP contribution in [-0.2, 0) is 11.3 Å². The van der Waals surface area contributed by atoms with Crippen LogP contribution in [0.1, 0.15) is 15.9 Å². The van der Waals surface area contributed by atoms with Gasteiger partial charge in [0.25, 0.3) is 0 Å². The highest BCUT2D eigenvalue weighted by Gasteiger charge is 2.08. The van der Waals surface area contributed by atoms with Crippen molar-refractivity contribution in [3.63, 3.8) is 0 Å². The van der Waals surface area contributed by atoms with Crippen molar-refractivity contribution in [2.45, 2.75) is 6.61 Å². The fourth-order valence-corrected chi connectivity index (χ4v) is 2.25. The van der Waals surface area contributed by atoms with Gasteiger partial charge in [-0.15, -0.1) is 0 Å². The maximum Gasteiger partial charge on any atom is 0.338 e. The topological polar surface area (TPSA) is 40.5 Å². The third kappa shape index (κ3) is 3.61. The van der Waals surface area contributed by atoms with E-state index in [1.165, 1.54) is 0 Å². The van der Waals surface area contributed by atoms with Crippen molar-refractivity contribution in [3.8, 4) is 11.4 Å². The van der Waals surface area contributed by atoms with Gasteiger partial charge in [0, 0.05) is 18.1 Å². The molecule has 23 heavy (non-hydrogen) atoms. The van der Waals surface area contributed by atoms with E-state index in [1.54, 1.807) is 13.2 Å². The number of methoxy groups -OCH3 is 1. The number of hydrogen-bond donors (Lipinski definition) is 0. The lowest BCUT2D eigenvalue weighted by Gasteiger charge is -2.08. The molecule has 0 fully saturated rings. The minimum atomic E-state index is -0.338. The van der Waals surface area contributed by atoms with E-state index < -0.39 is 0 Å². The Labute approximate surface area is 134 Å². The molecule has 2 aromatic carbocycles. The van der Waals surface area contributed by atoms with Gasteiger partial charge in [0.2, 0.25) is 0 Å². The molecular formula is C19H17NO3. The third-order valence-corrected chi connectivity index (χ3v) is 3.51. The summed E-state index contributed by atoms with van der Waals surface area (Å²) in [7, 11) is 1.62. The third-order valence-electron chi connectivity index (χ3n) is 3.51. The molecule has 4 heteroatoms. The standard InChI is InChI=1S/C19H17NO3/c1-22-18-9-7-15(8-10-18)14-23-19(21)16-5-4-6-17(13-16)20-11-2-3-12-20/h2-13H,14H2,1H3. The van der Waals surface area contributed by atoms with Crippen LogP contribution in [0.5, 0.6) is 5.75 Å². The molecule has 0 N–H and O–H groups in total. The van der Waals surface area contributed by atoms with Gasteiger partial charge in [-0.25, -0.2) is 4.79 Å². The number of rotatable bonds is 5. The van der Waals surface area contributed by atoms with Gasteiger partial charge in [-0.3, -0.25) is 0 Å². The first kappa shape index (κ1) is 14.9. The maximum atomic E-state index is 12.2. The molecular weight excluding hydrogens is 290 g/mol. The molecule has 0 atom stereocenters. The number of nitrogens with zero attached hydrogens (tertiary/aromatic N) is 1. The van der Waals surface area contributed by atoms with Gasteiger partial charge < -0.3 is 14.0 Å². The minimum Gasteiger partial charge on any atom is -0.497 e. The van der Waals surface area contributed by atoms with Crippen LogP contribution in [0.3, 0.4) is 0 Å². The Bertz CT molecular complexity index is 777. The number of esters is 1. The summed E-state index contributed by atoms with van der Waals surface area (Å²) in [4.78, 5) is 12.2. The van der Waals surface area contributed by atoms with E-state index in [9.17, 15) is 4.79 Å². The van der Waals surface area contributed by atoms with Crippen LogP contribution in [0.4, 0.5) is 0 Å². The lowest BCUT2D eigenvalue weighted by molar-refractivity contribution is 0.0472. The zero-order valence-corrected chi connectivity index (χ0v) is 12.8. The van der Waals surface area contributed by atoms with Crippen molar-refractivity contribution in [2.24, 2.45) is 0 Å². The van der Waals surface area contributed by atoms with Gasteiger partial charge in [-0.05, 0) is 48.0 Å². The molecule has 3 aromatic rings. The van der Waals surface area contributed by atoms with Crippen LogP contribution in [0.25, 0.3) is 5.69 Å². The molecule has 0 aliphatic carbocycles. The molecule has 1 aromatic heterocycles. The van der Waals surface area contributed by atoms with Crippen molar-refractivity contribution >= 4 is 5.97 Å². The second-order valence-corrected chi connectivity index (χ2v) is 5.06. The Morgan fingerprint density at radius 1 is 1.00 bits per heavy atom. The quantitative estimate of drug-likeness (QED) is 0.672. The van der Waals surface area contributed by atoms with Crippen molar-refractivity contribution in [3.05, 3.63) is 84.2 Å². The summed E-state index contributed by atoms with van der Waals surface area (Å²) in [6, 6.07) is 18.7. The average molecular weight is 307 g/mol. The second kappa shape index (κ2) is 6.83. The van der Waals surface area contributed by atoms with Gasteiger partial charge in [-0.2, -0.15) is 0 Å². The molecule has 0 aliphatic heterocycles. The summed E-state index contributed by atoms with van der Waals surface area (Å²) in [5, 5.41) is 0. The molecule has 0 spiro atoms. The smallest absolute Gasteiger partial charge is 0.338 e. The normalized spacial score (nSPS) is 10.3. The Morgan fingerprint density at radius 2 is 1.74 bits per heavy atom. The van der Waals surface area contributed by atoms with Gasteiger partial charge >= 0.3 is 5.97 Å². The van der Waals surface area contributed by atoms with Crippen LogP contribution >= 0.6 is 0 Å². The SMILES string of the molecule is COc1ccc(COC(=O)c2cccc(-n3cccc3)c2)cc1. The first-order chi connectivity index (χ1) is 11.3. The van der Waals surface area contributed by atoms with Crippen LogP contribution in [0, 0.1) is 0 Å². The van der Waals surface area contributed by atoms with E-state index >= 15 is 0 Å². The van der Waals surface area contributed by atoms with E-state index in [0.29, 0.717) is 5.56 Å². The monoisotopic (exact) mass is 307 g/mol. The summed E-state index contributed by atoms with van der Waals surface area (Å²) < 4.78 is 12.4. The number of ether oxygens (including phenoxy) is 2. The highest BCUT2D eigenvalue weighted by molar-refractivity contribution is 5.90. The predicted octanol–water partition coefficient (Wildman–Crippen LogP) is 3.84. The van der Waals surface area contributed by atoms with E-state index in [0.717, 1.165) is 17.0 Å². The van der Waals surface area contributed by atoms with Crippen molar-refractivity contribution in [1.29, 1.82) is 0 Å². The average Bonchev–Trinajstić information content (AvgIpc) is 3.15. The Hall–Kier alpha value is -3.01. The van der Waals surface area contributed by atoms with Crippen LogP contribution in [0.2, 0.25) is 0 Å². The second-order valence-electron chi connectivity index (χ2n) is 5.06. The van der Waals surface area contributed by atoms with E-state index in [-0.39, 0.29) is 12.6 Å². The summed E-state index contributed by atoms with van der Waals surface area (Å²) in [5.41, 5.74) is 2.37. The highest BCUT2D eigenvalue weighted by atomic mass is 16.5. The molecule has 0 unspecified atom stereocenters. The van der Waals surface area contributed by atoms with Gasteiger partial charge in [0.1, 0.15) is 12.4 Å². The minimum absolute atomic E-state index is 0.233. The predicted molar refractivity (Wildman–Crippen MR) is 87.9 cm³/mol. The Balaban J connectivity index is 1.67. The number of carbonyl (C=O) groups excluding carboxylic acids is 1.